The molecular weight excluding hydrogens is 466 g/mol. The molecular formula is C24H33N7O5. The zero-order valence-electron chi connectivity index (χ0n) is 21.5. The third-order valence-electron chi connectivity index (χ3n) is 5.66. The van der Waals surface area contributed by atoms with Crippen LogP contribution in [0.3, 0.4) is 0 Å². The summed E-state index contributed by atoms with van der Waals surface area (Å²) in [6.45, 7) is 10.2. The average Bonchev–Trinajstić information content (AvgIpc) is 3.26. The lowest BCUT2D eigenvalue weighted by atomic mass is 9.90. The van der Waals surface area contributed by atoms with E-state index in [4.69, 9.17) is 9.47 Å². The van der Waals surface area contributed by atoms with Crippen LogP contribution in [0.4, 0.5) is 27.0 Å². The molecule has 2 aliphatic rings. The summed E-state index contributed by atoms with van der Waals surface area (Å²) in [4.78, 5) is 47.4. The molecule has 2 aromatic rings. The molecule has 1 aliphatic carbocycles. The second-order valence-corrected chi connectivity index (χ2v) is 11.1. The minimum atomic E-state index is -0.932. The van der Waals surface area contributed by atoms with Gasteiger partial charge in [0.1, 0.15) is 34.7 Å². The van der Waals surface area contributed by atoms with Crippen LogP contribution < -0.4 is 15.5 Å². The smallest absolute Gasteiger partial charge is 0.425 e. The van der Waals surface area contributed by atoms with Gasteiger partial charge in [-0.05, 0) is 67.2 Å². The van der Waals surface area contributed by atoms with Crippen LogP contribution in [0.2, 0.25) is 0 Å². The normalized spacial score (nSPS) is 16.8. The molecule has 1 fully saturated rings. The van der Waals surface area contributed by atoms with Crippen molar-refractivity contribution in [1.82, 2.24) is 25.1 Å². The van der Waals surface area contributed by atoms with E-state index in [0.717, 1.165) is 37.0 Å². The summed E-state index contributed by atoms with van der Waals surface area (Å²) in [5, 5.41) is 10.8. The first-order valence-corrected chi connectivity index (χ1v) is 12.0. The van der Waals surface area contributed by atoms with Crippen molar-refractivity contribution in [3.8, 4) is 0 Å². The van der Waals surface area contributed by atoms with Crippen LogP contribution in [0.5, 0.6) is 0 Å². The van der Waals surface area contributed by atoms with Gasteiger partial charge in [0, 0.05) is 12.1 Å². The first-order valence-electron chi connectivity index (χ1n) is 12.0. The Morgan fingerprint density at radius 1 is 0.972 bits per heavy atom. The zero-order chi connectivity index (χ0) is 26.3. The van der Waals surface area contributed by atoms with Gasteiger partial charge in [0.2, 0.25) is 0 Å². The monoisotopic (exact) mass is 499 g/mol. The zero-order valence-corrected chi connectivity index (χ0v) is 21.5. The first-order chi connectivity index (χ1) is 16.8. The van der Waals surface area contributed by atoms with E-state index >= 15 is 0 Å². The molecule has 1 saturated carbocycles. The largest absolute Gasteiger partial charge is 0.443 e. The van der Waals surface area contributed by atoms with E-state index in [2.05, 4.69) is 25.7 Å². The average molecular weight is 500 g/mol. The van der Waals surface area contributed by atoms with Crippen LogP contribution in [0, 0.1) is 0 Å². The van der Waals surface area contributed by atoms with Gasteiger partial charge in [0.25, 0.3) is 5.91 Å². The van der Waals surface area contributed by atoms with Gasteiger partial charge in [-0.3, -0.25) is 4.79 Å². The highest BCUT2D eigenvalue weighted by Crippen LogP contribution is 2.38. The molecule has 0 atom stereocenters. The SMILES string of the molecule is CC(C)(C)OC(=O)N(C(=O)OC(C)(C)C)c1cc(Nc2cc3n(n2)C2(CCCCC2)NC3=O)ncn1. The number of rotatable bonds is 3. The molecule has 2 aromatic heterocycles. The predicted octanol–water partition coefficient (Wildman–Crippen LogP) is 4.45. The molecule has 3 amide bonds. The number of aromatic nitrogens is 4. The minimum absolute atomic E-state index is 0.0377. The van der Waals surface area contributed by atoms with Crippen LogP contribution in [0.15, 0.2) is 18.5 Å². The molecule has 3 heterocycles. The molecule has 1 spiro atoms. The van der Waals surface area contributed by atoms with Crippen LogP contribution >= 0.6 is 0 Å². The molecule has 194 valence electrons. The summed E-state index contributed by atoms with van der Waals surface area (Å²) in [6, 6.07) is 3.06. The van der Waals surface area contributed by atoms with Crippen molar-refractivity contribution in [2.24, 2.45) is 0 Å². The number of carbonyl (C=O) groups excluding carboxylic acids is 3. The van der Waals surface area contributed by atoms with E-state index in [-0.39, 0.29) is 17.5 Å². The Balaban J connectivity index is 1.61. The number of ether oxygens (including phenoxy) is 2. The maximum atomic E-state index is 12.9. The number of nitrogens with zero attached hydrogens (tertiary/aromatic N) is 5. The Morgan fingerprint density at radius 3 is 2.17 bits per heavy atom. The summed E-state index contributed by atoms with van der Waals surface area (Å²) in [5.74, 6) is 0.480. The lowest BCUT2D eigenvalue weighted by Crippen LogP contribution is -2.45. The minimum Gasteiger partial charge on any atom is -0.443 e. The van der Waals surface area contributed by atoms with Crippen molar-refractivity contribution >= 4 is 35.5 Å². The van der Waals surface area contributed by atoms with Gasteiger partial charge in [0.15, 0.2) is 11.6 Å². The molecule has 12 heteroatoms. The van der Waals surface area contributed by atoms with Crippen LogP contribution in [-0.4, -0.2) is 49.0 Å². The van der Waals surface area contributed by atoms with Gasteiger partial charge in [-0.15, -0.1) is 0 Å². The summed E-state index contributed by atoms with van der Waals surface area (Å²) >= 11 is 0. The number of carbonyl (C=O) groups is 3. The number of imide groups is 1. The fourth-order valence-electron chi connectivity index (χ4n) is 4.28. The molecule has 1 aliphatic heterocycles. The summed E-state index contributed by atoms with van der Waals surface area (Å²) < 4.78 is 12.6. The Hall–Kier alpha value is -3.70. The number of fused-ring (bicyclic) bond motifs is 2. The summed E-state index contributed by atoms with van der Waals surface area (Å²) in [6.07, 6.45) is 4.16. The number of nitrogens with one attached hydrogen (secondary N) is 2. The van der Waals surface area contributed by atoms with Crippen molar-refractivity contribution in [1.29, 1.82) is 0 Å². The highest BCUT2D eigenvalue weighted by Gasteiger charge is 2.44. The van der Waals surface area contributed by atoms with Crippen LogP contribution in [-0.2, 0) is 15.1 Å². The third-order valence-corrected chi connectivity index (χ3v) is 5.66. The second kappa shape index (κ2) is 9.07. The topological polar surface area (TPSA) is 141 Å². The molecule has 2 N–H and O–H groups in total. The quantitative estimate of drug-likeness (QED) is 0.626. The molecule has 0 unspecified atom stereocenters. The molecule has 0 bridgehead atoms. The molecule has 36 heavy (non-hydrogen) atoms. The van der Waals surface area contributed by atoms with E-state index in [1.165, 1.54) is 12.4 Å². The standard InChI is InChI=1S/C24H33N7O5/c1-22(2,3)35-20(33)30(21(34)36-23(4,5)6)18-13-16(25-14-26-18)27-17-12-15-19(32)28-24(31(15)29-17)10-8-7-9-11-24/h12-14H,7-11H2,1-6H3,(H,28,32)(H,25,26,27,29). The maximum absolute atomic E-state index is 12.9. The van der Waals surface area contributed by atoms with Gasteiger partial charge in [0.05, 0.1) is 0 Å². The Kier molecular flexibility index (Phi) is 6.40. The Labute approximate surface area is 209 Å². The number of anilines is 3. The highest BCUT2D eigenvalue weighted by atomic mass is 16.6. The van der Waals surface area contributed by atoms with Gasteiger partial charge in [-0.1, -0.05) is 6.42 Å². The number of hydrogen-bond donors (Lipinski definition) is 2. The highest BCUT2D eigenvalue weighted by molar-refractivity contribution is 6.09. The van der Waals surface area contributed by atoms with E-state index in [0.29, 0.717) is 11.5 Å². The van der Waals surface area contributed by atoms with Crippen molar-refractivity contribution in [2.45, 2.75) is 90.5 Å². The van der Waals surface area contributed by atoms with Gasteiger partial charge < -0.3 is 20.1 Å². The summed E-state index contributed by atoms with van der Waals surface area (Å²) in [5.41, 5.74) is -1.72. The van der Waals surface area contributed by atoms with Gasteiger partial charge >= 0.3 is 12.2 Å². The van der Waals surface area contributed by atoms with Gasteiger partial charge in [-0.2, -0.15) is 10.00 Å². The van der Waals surface area contributed by atoms with Crippen molar-refractivity contribution in [2.75, 3.05) is 10.2 Å². The molecule has 0 saturated heterocycles. The van der Waals surface area contributed by atoms with E-state index in [9.17, 15) is 14.4 Å². The maximum Gasteiger partial charge on any atom is 0.425 e. The van der Waals surface area contributed by atoms with E-state index < -0.39 is 29.1 Å². The first kappa shape index (κ1) is 25.4. The van der Waals surface area contributed by atoms with Gasteiger partial charge in [-0.25, -0.2) is 24.2 Å². The number of amides is 3. The fourth-order valence-corrected chi connectivity index (χ4v) is 4.28. The lowest BCUT2D eigenvalue weighted by molar-refractivity contribution is 0.0428. The van der Waals surface area contributed by atoms with Crippen molar-refractivity contribution in [3.05, 3.63) is 24.2 Å². The van der Waals surface area contributed by atoms with Crippen molar-refractivity contribution in [3.63, 3.8) is 0 Å². The second-order valence-electron chi connectivity index (χ2n) is 11.1. The predicted molar refractivity (Wildman–Crippen MR) is 131 cm³/mol. The Morgan fingerprint density at radius 2 is 1.58 bits per heavy atom. The van der Waals surface area contributed by atoms with Crippen LogP contribution in [0.25, 0.3) is 0 Å². The molecule has 12 nitrogen and oxygen atoms in total. The number of hydrogen-bond acceptors (Lipinski definition) is 9. The molecule has 4 rings (SSSR count). The Bertz CT molecular complexity index is 1140. The van der Waals surface area contributed by atoms with E-state index in [1.807, 2.05) is 0 Å². The van der Waals surface area contributed by atoms with Crippen LogP contribution in [0.1, 0.15) is 84.1 Å². The summed E-state index contributed by atoms with van der Waals surface area (Å²) in [7, 11) is 0. The third kappa shape index (κ3) is 5.42. The van der Waals surface area contributed by atoms with E-state index in [1.54, 1.807) is 52.3 Å². The fraction of sp³-hybridized carbons (Fsp3) is 0.583. The van der Waals surface area contributed by atoms with Crippen molar-refractivity contribution < 1.29 is 23.9 Å². The lowest BCUT2D eigenvalue weighted by Gasteiger charge is -2.33. The molecule has 0 aromatic carbocycles. The molecule has 0 radical (unpaired) electrons.